The molecule has 0 aliphatic carbocycles. The van der Waals surface area contributed by atoms with Crippen molar-refractivity contribution in [2.75, 3.05) is 39.8 Å². The number of carbonyl (C=O) groups is 1. The molecule has 0 aromatic carbocycles. The first kappa shape index (κ1) is 13.6. The Bertz CT molecular complexity index is 289. The fourth-order valence-electron chi connectivity index (χ4n) is 2.92. The zero-order valence-corrected chi connectivity index (χ0v) is 11.6. The van der Waals surface area contributed by atoms with E-state index in [-0.39, 0.29) is 6.03 Å². The SMILES string of the molecule is CC(CN)CN1CC(C2CCN(C)CC2)NC1=O. The largest absolute Gasteiger partial charge is 0.333 e. The van der Waals surface area contributed by atoms with E-state index in [1.807, 2.05) is 4.90 Å². The van der Waals surface area contributed by atoms with Crippen molar-refractivity contribution in [1.82, 2.24) is 15.1 Å². The van der Waals surface area contributed by atoms with Crippen LogP contribution in [0.3, 0.4) is 0 Å². The van der Waals surface area contributed by atoms with Crippen LogP contribution in [0.25, 0.3) is 0 Å². The number of likely N-dealkylation sites (tertiary alicyclic amines) is 1. The van der Waals surface area contributed by atoms with Gasteiger partial charge in [0.05, 0.1) is 6.04 Å². The molecule has 0 spiro atoms. The van der Waals surface area contributed by atoms with E-state index in [1.165, 1.54) is 12.8 Å². The van der Waals surface area contributed by atoms with Crippen LogP contribution in [0.1, 0.15) is 19.8 Å². The molecule has 0 bridgehead atoms. The average Bonchev–Trinajstić information content (AvgIpc) is 2.71. The van der Waals surface area contributed by atoms with Gasteiger partial charge in [0.1, 0.15) is 0 Å². The smallest absolute Gasteiger partial charge is 0.317 e. The Morgan fingerprint density at radius 2 is 2.11 bits per heavy atom. The van der Waals surface area contributed by atoms with Crippen molar-refractivity contribution in [2.45, 2.75) is 25.8 Å². The summed E-state index contributed by atoms with van der Waals surface area (Å²) in [5.74, 6) is 1.02. The van der Waals surface area contributed by atoms with Gasteiger partial charge in [-0.05, 0) is 51.4 Å². The molecule has 18 heavy (non-hydrogen) atoms. The minimum atomic E-state index is 0.0965. The molecule has 2 aliphatic heterocycles. The van der Waals surface area contributed by atoms with Gasteiger partial charge in [0, 0.05) is 13.1 Å². The molecule has 5 nitrogen and oxygen atoms in total. The highest BCUT2D eigenvalue weighted by atomic mass is 16.2. The summed E-state index contributed by atoms with van der Waals surface area (Å²) in [5, 5.41) is 3.15. The highest BCUT2D eigenvalue weighted by molar-refractivity contribution is 5.77. The minimum absolute atomic E-state index is 0.0965. The molecule has 2 unspecified atom stereocenters. The number of carbonyl (C=O) groups excluding carboxylic acids is 1. The van der Waals surface area contributed by atoms with Crippen molar-refractivity contribution in [3.63, 3.8) is 0 Å². The highest BCUT2D eigenvalue weighted by Crippen LogP contribution is 2.23. The molecule has 0 aromatic heterocycles. The van der Waals surface area contributed by atoms with Crippen LogP contribution in [0.15, 0.2) is 0 Å². The lowest BCUT2D eigenvalue weighted by atomic mass is 9.90. The third-order valence-corrected chi connectivity index (χ3v) is 4.28. The van der Waals surface area contributed by atoms with Crippen LogP contribution in [-0.4, -0.2) is 61.6 Å². The van der Waals surface area contributed by atoms with Gasteiger partial charge in [-0.15, -0.1) is 0 Å². The maximum Gasteiger partial charge on any atom is 0.317 e. The fourth-order valence-corrected chi connectivity index (χ4v) is 2.92. The summed E-state index contributed by atoms with van der Waals surface area (Å²) in [5.41, 5.74) is 5.62. The lowest BCUT2D eigenvalue weighted by Gasteiger charge is -2.32. The van der Waals surface area contributed by atoms with Crippen LogP contribution in [0.2, 0.25) is 0 Å². The van der Waals surface area contributed by atoms with Crippen molar-refractivity contribution < 1.29 is 4.79 Å². The second kappa shape index (κ2) is 5.89. The second-order valence-corrected chi connectivity index (χ2v) is 5.94. The van der Waals surface area contributed by atoms with Crippen LogP contribution >= 0.6 is 0 Å². The number of nitrogens with two attached hydrogens (primary N) is 1. The Morgan fingerprint density at radius 1 is 1.44 bits per heavy atom. The summed E-state index contributed by atoms with van der Waals surface area (Å²) in [6, 6.07) is 0.440. The van der Waals surface area contributed by atoms with Crippen molar-refractivity contribution in [3.8, 4) is 0 Å². The average molecular weight is 254 g/mol. The summed E-state index contributed by atoms with van der Waals surface area (Å²) >= 11 is 0. The predicted octanol–water partition coefficient (Wildman–Crippen LogP) is 0.317. The van der Waals surface area contributed by atoms with E-state index in [1.54, 1.807) is 0 Å². The van der Waals surface area contributed by atoms with Gasteiger partial charge in [0.15, 0.2) is 0 Å². The summed E-state index contributed by atoms with van der Waals surface area (Å²) in [7, 11) is 2.17. The number of hydrogen-bond acceptors (Lipinski definition) is 3. The van der Waals surface area contributed by atoms with Gasteiger partial charge in [-0.3, -0.25) is 0 Å². The number of piperidine rings is 1. The lowest BCUT2D eigenvalue weighted by molar-refractivity contribution is 0.189. The van der Waals surface area contributed by atoms with E-state index in [9.17, 15) is 4.79 Å². The molecule has 2 saturated heterocycles. The standard InChI is InChI=1S/C13H26N4O/c1-10(7-14)8-17-9-12(15-13(17)18)11-3-5-16(2)6-4-11/h10-12H,3-9,14H2,1-2H3,(H,15,18). The van der Waals surface area contributed by atoms with E-state index in [0.717, 1.165) is 26.2 Å². The number of urea groups is 1. The van der Waals surface area contributed by atoms with Gasteiger partial charge in [-0.1, -0.05) is 6.92 Å². The molecule has 2 fully saturated rings. The molecule has 104 valence electrons. The molecule has 2 rings (SSSR count). The molecule has 2 atom stereocenters. The molecule has 5 heteroatoms. The molecule has 0 radical (unpaired) electrons. The summed E-state index contributed by atoms with van der Waals surface area (Å²) in [6.45, 7) is 6.67. The normalized spacial score (nSPS) is 28.5. The van der Waals surface area contributed by atoms with Gasteiger partial charge in [0.2, 0.25) is 0 Å². The topological polar surface area (TPSA) is 61.6 Å². The highest BCUT2D eigenvalue weighted by Gasteiger charge is 2.35. The van der Waals surface area contributed by atoms with Gasteiger partial charge in [0.25, 0.3) is 0 Å². The zero-order valence-electron chi connectivity index (χ0n) is 11.6. The van der Waals surface area contributed by atoms with Crippen molar-refractivity contribution in [2.24, 2.45) is 17.6 Å². The molecule has 0 saturated carbocycles. The monoisotopic (exact) mass is 254 g/mol. The van der Waals surface area contributed by atoms with E-state index in [4.69, 9.17) is 5.73 Å². The minimum Gasteiger partial charge on any atom is -0.333 e. The Hall–Kier alpha value is -0.810. The summed E-state index contributed by atoms with van der Waals surface area (Å²) in [6.07, 6.45) is 2.39. The number of hydrogen-bond donors (Lipinski definition) is 2. The van der Waals surface area contributed by atoms with Crippen LogP contribution in [0.4, 0.5) is 4.79 Å². The predicted molar refractivity (Wildman–Crippen MR) is 72.3 cm³/mol. The molecular formula is C13H26N4O. The molecule has 0 aromatic rings. The van der Waals surface area contributed by atoms with E-state index in [2.05, 4.69) is 24.2 Å². The van der Waals surface area contributed by atoms with Gasteiger partial charge in [-0.2, -0.15) is 0 Å². The zero-order chi connectivity index (χ0) is 13.1. The van der Waals surface area contributed by atoms with Crippen LogP contribution in [0.5, 0.6) is 0 Å². The Morgan fingerprint density at radius 3 is 2.72 bits per heavy atom. The van der Waals surface area contributed by atoms with Gasteiger partial charge in [-0.25, -0.2) is 4.79 Å². The first-order valence-corrected chi connectivity index (χ1v) is 7.04. The summed E-state index contributed by atoms with van der Waals surface area (Å²) in [4.78, 5) is 16.2. The third kappa shape index (κ3) is 3.14. The number of nitrogens with one attached hydrogen (secondary N) is 1. The maximum atomic E-state index is 11.9. The number of amides is 2. The first-order valence-electron chi connectivity index (χ1n) is 7.04. The number of nitrogens with zero attached hydrogens (tertiary/aromatic N) is 2. The van der Waals surface area contributed by atoms with Crippen molar-refractivity contribution in [1.29, 1.82) is 0 Å². The van der Waals surface area contributed by atoms with Gasteiger partial charge >= 0.3 is 6.03 Å². The van der Waals surface area contributed by atoms with E-state index < -0.39 is 0 Å². The molecular weight excluding hydrogens is 228 g/mol. The third-order valence-electron chi connectivity index (χ3n) is 4.28. The quantitative estimate of drug-likeness (QED) is 0.759. The van der Waals surface area contributed by atoms with Crippen LogP contribution in [0, 0.1) is 11.8 Å². The summed E-state index contributed by atoms with van der Waals surface area (Å²) < 4.78 is 0. The maximum absolute atomic E-state index is 11.9. The molecule has 2 heterocycles. The number of rotatable bonds is 4. The Kier molecular flexibility index (Phi) is 4.45. The molecule has 2 amide bonds. The lowest BCUT2D eigenvalue weighted by Crippen LogP contribution is -2.41. The van der Waals surface area contributed by atoms with Crippen LogP contribution in [-0.2, 0) is 0 Å². The van der Waals surface area contributed by atoms with Gasteiger partial charge < -0.3 is 20.9 Å². The Labute approximate surface area is 110 Å². The van der Waals surface area contributed by atoms with Crippen molar-refractivity contribution in [3.05, 3.63) is 0 Å². The fraction of sp³-hybridized carbons (Fsp3) is 0.923. The van der Waals surface area contributed by atoms with Crippen molar-refractivity contribution >= 4 is 6.03 Å². The molecule has 3 N–H and O–H groups in total. The Balaban J connectivity index is 1.84. The van der Waals surface area contributed by atoms with E-state index in [0.29, 0.717) is 24.4 Å². The molecule has 2 aliphatic rings. The second-order valence-electron chi connectivity index (χ2n) is 5.94. The van der Waals surface area contributed by atoms with E-state index >= 15 is 0 Å². The van der Waals surface area contributed by atoms with Crippen LogP contribution < -0.4 is 11.1 Å². The first-order chi connectivity index (χ1) is 8.60.